The second-order valence-corrected chi connectivity index (χ2v) is 7.77. The van der Waals surface area contributed by atoms with Crippen molar-refractivity contribution in [3.05, 3.63) is 53.1 Å². The van der Waals surface area contributed by atoms with E-state index in [4.69, 9.17) is 14.2 Å². The molecule has 1 aliphatic rings. The molecule has 29 heavy (non-hydrogen) atoms. The Morgan fingerprint density at radius 1 is 0.966 bits per heavy atom. The second kappa shape index (κ2) is 9.68. The molecule has 0 bridgehead atoms. The van der Waals surface area contributed by atoms with Gasteiger partial charge >= 0.3 is 0 Å². The molecule has 156 valence electrons. The van der Waals surface area contributed by atoms with Crippen molar-refractivity contribution in [2.45, 2.75) is 65.2 Å². The van der Waals surface area contributed by atoms with Gasteiger partial charge in [-0.3, -0.25) is 4.79 Å². The Labute approximate surface area is 173 Å². The van der Waals surface area contributed by atoms with E-state index in [2.05, 4.69) is 17.4 Å². The number of carbonyl (C=O) groups excluding carboxylic acids is 1. The molecule has 5 heteroatoms. The minimum absolute atomic E-state index is 0.0658. The van der Waals surface area contributed by atoms with Crippen molar-refractivity contribution in [3.8, 4) is 17.2 Å². The number of benzene rings is 2. The molecule has 0 spiro atoms. The Balaban J connectivity index is 1.56. The monoisotopic (exact) mass is 397 g/mol. The van der Waals surface area contributed by atoms with Crippen molar-refractivity contribution in [1.29, 1.82) is 0 Å². The van der Waals surface area contributed by atoms with Gasteiger partial charge in [-0.25, -0.2) is 0 Å². The summed E-state index contributed by atoms with van der Waals surface area (Å²) in [6.45, 7) is 6.11. The number of aryl methyl sites for hydroxylation is 2. The predicted molar refractivity (Wildman–Crippen MR) is 114 cm³/mol. The number of carbonyl (C=O) groups is 1. The van der Waals surface area contributed by atoms with Crippen molar-refractivity contribution in [2.75, 3.05) is 7.11 Å². The van der Waals surface area contributed by atoms with Gasteiger partial charge in [-0.1, -0.05) is 12.1 Å². The van der Waals surface area contributed by atoms with Crippen molar-refractivity contribution in [1.82, 2.24) is 5.32 Å². The van der Waals surface area contributed by atoms with E-state index in [1.165, 1.54) is 24.0 Å². The number of ether oxygens (including phenoxy) is 3. The second-order valence-electron chi connectivity index (χ2n) is 7.77. The Kier molecular flexibility index (Phi) is 7.02. The van der Waals surface area contributed by atoms with E-state index in [1.807, 2.05) is 38.1 Å². The van der Waals surface area contributed by atoms with Crippen LogP contribution in [0.3, 0.4) is 0 Å². The lowest BCUT2D eigenvalue weighted by molar-refractivity contribution is -0.127. The topological polar surface area (TPSA) is 56.8 Å². The lowest BCUT2D eigenvalue weighted by atomic mass is 9.92. The molecule has 5 nitrogen and oxygen atoms in total. The number of nitrogens with one attached hydrogen (secondary N) is 1. The summed E-state index contributed by atoms with van der Waals surface area (Å²) in [6, 6.07) is 11.8. The van der Waals surface area contributed by atoms with Crippen LogP contribution in [0.25, 0.3) is 0 Å². The van der Waals surface area contributed by atoms with E-state index in [0.29, 0.717) is 18.0 Å². The van der Waals surface area contributed by atoms with E-state index in [0.717, 1.165) is 24.2 Å². The Morgan fingerprint density at radius 3 is 2.45 bits per heavy atom. The van der Waals surface area contributed by atoms with Gasteiger partial charge in [0.25, 0.3) is 5.91 Å². The van der Waals surface area contributed by atoms with Crippen molar-refractivity contribution in [3.63, 3.8) is 0 Å². The van der Waals surface area contributed by atoms with Crippen LogP contribution in [0.2, 0.25) is 0 Å². The fourth-order valence-corrected chi connectivity index (χ4v) is 3.55. The molecule has 1 unspecified atom stereocenters. The van der Waals surface area contributed by atoms with Crippen LogP contribution in [0.4, 0.5) is 0 Å². The zero-order valence-corrected chi connectivity index (χ0v) is 17.8. The van der Waals surface area contributed by atoms with Gasteiger partial charge in [0.15, 0.2) is 17.6 Å². The van der Waals surface area contributed by atoms with Crippen LogP contribution in [-0.4, -0.2) is 25.2 Å². The summed E-state index contributed by atoms with van der Waals surface area (Å²) < 4.78 is 17.0. The van der Waals surface area contributed by atoms with Gasteiger partial charge in [0, 0.05) is 6.54 Å². The average molecular weight is 398 g/mol. The molecule has 2 aromatic carbocycles. The smallest absolute Gasteiger partial charge is 0.261 e. The summed E-state index contributed by atoms with van der Waals surface area (Å²) in [5.41, 5.74) is 3.68. The number of rotatable bonds is 8. The van der Waals surface area contributed by atoms with Gasteiger partial charge in [0.2, 0.25) is 0 Å². The number of methoxy groups -OCH3 is 1. The Bertz CT molecular complexity index is 847. The molecule has 0 fully saturated rings. The van der Waals surface area contributed by atoms with Crippen LogP contribution < -0.4 is 19.5 Å². The third-order valence-corrected chi connectivity index (χ3v) is 5.06. The first-order chi connectivity index (χ1) is 14.0. The first-order valence-corrected chi connectivity index (χ1v) is 10.4. The van der Waals surface area contributed by atoms with Gasteiger partial charge in [0.05, 0.1) is 13.2 Å². The molecule has 0 saturated heterocycles. The fourth-order valence-electron chi connectivity index (χ4n) is 3.55. The van der Waals surface area contributed by atoms with E-state index in [1.54, 1.807) is 14.0 Å². The molecule has 1 amide bonds. The summed E-state index contributed by atoms with van der Waals surface area (Å²) >= 11 is 0. The predicted octanol–water partition coefficient (Wildman–Crippen LogP) is 4.44. The van der Waals surface area contributed by atoms with Crippen LogP contribution in [-0.2, 0) is 24.2 Å². The third kappa shape index (κ3) is 5.66. The normalized spacial score (nSPS) is 14.1. The maximum absolute atomic E-state index is 12.5. The van der Waals surface area contributed by atoms with Crippen LogP contribution in [0.15, 0.2) is 36.4 Å². The number of fused-ring (bicyclic) bond motifs is 1. The summed E-state index contributed by atoms with van der Waals surface area (Å²) in [7, 11) is 1.61. The molecule has 0 aliphatic heterocycles. The molecule has 1 atom stereocenters. The highest BCUT2D eigenvalue weighted by atomic mass is 16.5. The maximum Gasteiger partial charge on any atom is 0.261 e. The first-order valence-electron chi connectivity index (χ1n) is 10.4. The molecule has 2 aromatic rings. The van der Waals surface area contributed by atoms with E-state index < -0.39 is 6.10 Å². The lowest BCUT2D eigenvalue weighted by Gasteiger charge is -2.19. The molecule has 0 heterocycles. The first kappa shape index (κ1) is 21.0. The highest BCUT2D eigenvalue weighted by Crippen LogP contribution is 2.29. The highest BCUT2D eigenvalue weighted by molar-refractivity contribution is 5.80. The summed E-state index contributed by atoms with van der Waals surface area (Å²) in [6.07, 6.45) is 4.19. The largest absolute Gasteiger partial charge is 0.493 e. The Hall–Kier alpha value is -2.69. The van der Waals surface area contributed by atoms with E-state index in [-0.39, 0.29) is 12.0 Å². The zero-order chi connectivity index (χ0) is 20.8. The lowest BCUT2D eigenvalue weighted by Crippen LogP contribution is -2.35. The van der Waals surface area contributed by atoms with Gasteiger partial charge in [-0.2, -0.15) is 0 Å². The van der Waals surface area contributed by atoms with Gasteiger partial charge < -0.3 is 19.5 Å². The maximum atomic E-state index is 12.5. The van der Waals surface area contributed by atoms with Crippen LogP contribution in [0, 0.1) is 0 Å². The van der Waals surface area contributed by atoms with E-state index in [9.17, 15) is 4.79 Å². The molecule has 0 radical (unpaired) electrons. The van der Waals surface area contributed by atoms with Crippen LogP contribution in [0.1, 0.15) is 50.3 Å². The summed E-state index contributed by atoms with van der Waals surface area (Å²) in [5, 5.41) is 2.93. The van der Waals surface area contributed by atoms with Crippen molar-refractivity contribution >= 4 is 5.91 Å². The third-order valence-electron chi connectivity index (χ3n) is 5.06. The van der Waals surface area contributed by atoms with Crippen LogP contribution >= 0.6 is 0 Å². The molecule has 1 aliphatic carbocycles. The fraction of sp³-hybridized carbons (Fsp3) is 0.458. The van der Waals surface area contributed by atoms with Crippen LogP contribution in [0.5, 0.6) is 17.2 Å². The zero-order valence-electron chi connectivity index (χ0n) is 17.8. The molecule has 1 N–H and O–H groups in total. The number of amides is 1. The van der Waals surface area contributed by atoms with Crippen molar-refractivity contribution in [2.24, 2.45) is 0 Å². The standard InChI is InChI=1S/C24H31NO4/c1-16(2)28-22-12-9-18(13-23(22)27-4)15-25-24(26)17(3)29-21-11-10-19-7-5-6-8-20(19)14-21/h9-14,16-17H,5-8,15H2,1-4H3,(H,25,26). The SMILES string of the molecule is COc1cc(CNC(=O)C(C)Oc2ccc3c(c2)CCCC3)ccc1OC(C)C. The summed E-state index contributed by atoms with van der Waals surface area (Å²) in [4.78, 5) is 12.5. The Morgan fingerprint density at radius 2 is 1.72 bits per heavy atom. The quantitative estimate of drug-likeness (QED) is 0.715. The average Bonchev–Trinajstić information content (AvgIpc) is 2.72. The molecule has 0 aromatic heterocycles. The molecule has 3 rings (SSSR count). The van der Waals surface area contributed by atoms with Gasteiger partial charge in [-0.15, -0.1) is 0 Å². The highest BCUT2D eigenvalue weighted by Gasteiger charge is 2.17. The molecular formula is C24H31NO4. The number of hydrogen-bond donors (Lipinski definition) is 1. The molecular weight excluding hydrogens is 366 g/mol. The minimum Gasteiger partial charge on any atom is -0.493 e. The van der Waals surface area contributed by atoms with E-state index >= 15 is 0 Å². The van der Waals surface area contributed by atoms with Gasteiger partial charge in [-0.05, 0) is 87.4 Å². The summed E-state index contributed by atoms with van der Waals surface area (Å²) in [5.74, 6) is 1.96. The van der Waals surface area contributed by atoms with Gasteiger partial charge in [0.1, 0.15) is 5.75 Å². The minimum atomic E-state index is -0.568. The number of hydrogen-bond acceptors (Lipinski definition) is 4. The molecule has 0 saturated carbocycles. The van der Waals surface area contributed by atoms with Crippen molar-refractivity contribution < 1.29 is 19.0 Å².